The first-order valence-corrected chi connectivity index (χ1v) is 13.3. The van der Waals surface area contributed by atoms with Crippen LogP contribution in [0.1, 0.15) is 66.8 Å². The van der Waals surface area contributed by atoms with Gasteiger partial charge in [-0.05, 0) is 61.3 Å². The number of rotatable bonds is 7. The van der Waals surface area contributed by atoms with E-state index < -0.39 is 5.97 Å². The number of nitrogens with two attached hydrogens (primary N) is 1. The Morgan fingerprint density at radius 2 is 1.82 bits per heavy atom. The van der Waals surface area contributed by atoms with Gasteiger partial charge in [-0.2, -0.15) is 0 Å². The van der Waals surface area contributed by atoms with Crippen molar-refractivity contribution in [1.82, 2.24) is 14.9 Å². The van der Waals surface area contributed by atoms with Crippen molar-refractivity contribution in [3.05, 3.63) is 71.0 Å². The molecule has 5 rings (SSSR count). The van der Waals surface area contributed by atoms with E-state index in [1.807, 2.05) is 47.4 Å². The number of aromatic carboxylic acids is 1. The lowest BCUT2D eigenvalue weighted by Gasteiger charge is -2.35. The number of carboxylic acids is 1. The number of hydrogen-bond donors (Lipinski definition) is 5. The van der Waals surface area contributed by atoms with Gasteiger partial charge in [0.05, 0.1) is 16.9 Å². The van der Waals surface area contributed by atoms with Crippen LogP contribution in [0, 0.1) is 10.8 Å². The lowest BCUT2D eigenvalue weighted by Crippen LogP contribution is -2.45. The van der Waals surface area contributed by atoms with Crippen LogP contribution in [0.4, 0.5) is 5.69 Å². The Hall–Kier alpha value is -4.24. The molecule has 6 N–H and O–H groups in total. The van der Waals surface area contributed by atoms with Crippen molar-refractivity contribution in [2.24, 2.45) is 5.73 Å². The van der Waals surface area contributed by atoms with Crippen LogP contribution in [-0.2, 0) is 6.54 Å². The Balaban J connectivity index is 1.73. The minimum atomic E-state index is -1.04. The van der Waals surface area contributed by atoms with Crippen LogP contribution in [-0.4, -0.2) is 51.4 Å². The van der Waals surface area contributed by atoms with Crippen LogP contribution in [0.5, 0.6) is 0 Å². The highest BCUT2D eigenvalue weighted by Crippen LogP contribution is 2.33. The first-order valence-electron chi connectivity index (χ1n) is 13.3. The fourth-order valence-corrected chi connectivity index (χ4v) is 5.78. The fourth-order valence-electron chi connectivity index (χ4n) is 5.78. The van der Waals surface area contributed by atoms with Crippen molar-refractivity contribution in [2.75, 3.05) is 18.0 Å². The molecule has 0 radical (unpaired) electrons. The number of fused-ring (bicyclic) bond motifs is 2. The number of hydrogen-bond acceptors (Lipinski definition) is 5. The molecule has 2 heterocycles. The molecule has 3 aromatic carbocycles. The number of benzene rings is 3. The van der Waals surface area contributed by atoms with E-state index in [9.17, 15) is 9.90 Å². The average molecular weight is 526 g/mol. The van der Waals surface area contributed by atoms with E-state index >= 15 is 0 Å². The van der Waals surface area contributed by atoms with Gasteiger partial charge in [0.15, 0.2) is 0 Å². The molecule has 1 aliphatic heterocycles. The maximum atomic E-state index is 12.5. The van der Waals surface area contributed by atoms with Crippen molar-refractivity contribution >= 4 is 45.1 Å². The normalized spacial score (nSPS) is 14.3. The standard InChI is InChI=1S/C30H35N7O2/c1-17(2)29-35-27-25(30(38)39)14-21(37(18(3)31)20-10-12-34-13-11-20)15-26(27)36(29)16-19-8-9-24(28(32)33)23-7-5-4-6-22(19)23/h4-9,14-15,17,20,31,34H,10-13,16H2,1-3H3,(H3,32,33)(H,38,39). The van der Waals surface area contributed by atoms with Gasteiger partial charge in [-0.15, -0.1) is 0 Å². The maximum absolute atomic E-state index is 12.5. The summed E-state index contributed by atoms with van der Waals surface area (Å²) in [7, 11) is 0. The van der Waals surface area contributed by atoms with Crippen molar-refractivity contribution in [2.45, 2.75) is 52.1 Å². The Bertz CT molecular complexity index is 1600. The van der Waals surface area contributed by atoms with Gasteiger partial charge < -0.3 is 25.6 Å². The number of anilines is 1. The third-order valence-electron chi connectivity index (χ3n) is 7.56. The molecular weight excluding hydrogens is 490 g/mol. The Morgan fingerprint density at radius 3 is 2.44 bits per heavy atom. The molecule has 9 nitrogen and oxygen atoms in total. The quantitative estimate of drug-likeness (QED) is 0.171. The Morgan fingerprint density at radius 1 is 1.13 bits per heavy atom. The second-order valence-electron chi connectivity index (χ2n) is 10.5. The SMILES string of the molecule is CC(=N)N(c1cc(C(=O)O)c2nc(C(C)C)n(Cc3ccc(C(=N)N)c4ccccc34)c2c1)C1CCNCC1. The molecule has 0 bridgehead atoms. The van der Waals surface area contributed by atoms with Gasteiger partial charge in [0, 0.05) is 29.8 Å². The van der Waals surface area contributed by atoms with E-state index in [-0.39, 0.29) is 23.4 Å². The molecule has 0 spiro atoms. The fraction of sp³-hybridized carbons (Fsp3) is 0.333. The van der Waals surface area contributed by atoms with Crippen molar-refractivity contribution in [3.8, 4) is 0 Å². The van der Waals surface area contributed by atoms with Crippen molar-refractivity contribution in [3.63, 3.8) is 0 Å². The number of carbonyl (C=O) groups is 1. The van der Waals surface area contributed by atoms with E-state index in [1.165, 1.54) is 0 Å². The predicted molar refractivity (Wildman–Crippen MR) is 157 cm³/mol. The van der Waals surface area contributed by atoms with Crippen LogP contribution in [0.15, 0.2) is 48.5 Å². The third-order valence-corrected chi connectivity index (χ3v) is 7.56. The van der Waals surface area contributed by atoms with Gasteiger partial charge in [-0.3, -0.25) is 10.8 Å². The molecule has 4 aromatic rings. The molecule has 0 saturated carbocycles. The lowest BCUT2D eigenvalue weighted by molar-refractivity contribution is 0.0699. The number of carboxylic acid groups (broad SMARTS) is 1. The average Bonchev–Trinajstić information content (AvgIpc) is 3.27. The molecule has 9 heteroatoms. The molecule has 1 aromatic heterocycles. The largest absolute Gasteiger partial charge is 0.478 e. The second kappa shape index (κ2) is 10.5. The Kier molecular flexibility index (Phi) is 7.10. The number of nitrogens with one attached hydrogen (secondary N) is 3. The highest BCUT2D eigenvalue weighted by atomic mass is 16.4. The molecule has 1 aliphatic rings. The second-order valence-corrected chi connectivity index (χ2v) is 10.5. The van der Waals surface area contributed by atoms with Crippen LogP contribution in [0.25, 0.3) is 21.8 Å². The highest BCUT2D eigenvalue weighted by molar-refractivity contribution is 6.08. The minimum Gasteiger partial charge on any atom is -0.478 e. The molecule has 1 saturated heterocycles. The van der Waals surface area contributed by atoms with Crippen LogP contribution in [0.2, 0.25) is 0 Å². The van der Waals surface area contributed by atoms with Crippen molar-refractivity contribution < 1.29 is 9.90 Å². The van der Waals surface area contributed by atoms with E-state index in [0.717, 1.165) is 53.6 Å². The van der Waals surface area contributed by atoms with Gasteiger partial charge in [0.2, 0.25) is 0 Å². The van der Waals surface area contributed by atoms with E-state index in [0.29, 0.717) is 29.1 Å². The minimum absolute atomic E-state index is 0.0180. The number of amidine groups is 2. The number of nitrogen functional groups attached to an aromatic ring is 1. The van der Waals surface area contributed by atoms with Crippen LogP contribution < -0.4 is 16.0 Å². The first kappa shape index (κ1) is 26.4. The summed E-state index contributed by atoms with van der Waals surface area (Å²) in [5.41, 5.74) is 9.60. The zero-order valence-electron chi connectivity index (χ0n) is 22.6. The number of imidazole rings is 1. The van der Waals surface area contributed by atoms with Crippen molar-refractivity contribution in [1.29, 1.82) is 10.8 Å². The highest BCUT2D eigenvalue weighted by Gasteiger charge is 2.27. The summed E-state index contributed by atoms with van der Waals surface area (Å²) in [6.07, 6.45) is 1.75. The molecule has 0 unspecified atom stereocenters. The summed E-state index contributed by atoms with van der Waals surface area (Å²) < 4.78 is 2.10. The third kappa shape index (κ3) is 4.85. The number of nitrogens with zero attached hydrogens (tertiary/aromatic N) is 3. The molecule has 39 heavy (non-hydrogen) atoms. The molecule has 202 valence electrons. The van der Waals surface area contributed by atoms with Gasteiger partial charge >= 0.3 is 5.97 Å². The Labute approximate surface area is 227 Å². The van der Waals surface area contributed by atoms with Crippen LogP contribution in [0.3, 0.4) is 0 Å². The molecular formula is C30H35N7O2. The predicted octanol–water partition coefficient (Wildman–Crippen LogP) is 4.90. The van der Waals surface area contributed by atoms with Gasteiger partial charge in [0.25, 0.3) is 0 Å². The van der Waals surface area contributed by atoms with Crippen LogP contribution >= 0.6 is 0 Å². The summed E-state index contributed by atoms with van der Waals surface area (Å²) in [5, 5.41) is 32.1. The smallest absolute Gasteiger partial charge is 0.338 e. The summed E-state index contributed by atoms with van der Waals surface area (Å²) in [6, 6.07) is 15.5. The zero-order chi connectivity index (χ0) is 27.8. The monoisotopic (exact) mass is 525 g/mol. The van der Waals surface area contributed by atoms with E-state index in [1.54, 1.807) is 13.0 Å². The summed E-state index contributed by atoms with van der Waals surface area (Å²) in [5.74, 6) is 0.216. The molecule has 0 amide bonds. The number of piperidine rings is 1. The molecule has 0 aliphatic carbocycles. The summed E-state index contributed by atoms with van der Waals surface area (Å²) in [6.45, 7) is 8.06. The summed E-state index contributed by atoms with van der Waals surface area (Å²) >= 11 is 0. The van der Waals surface area contributed by atoms with E-state index in [2.05, 4.69) is 23.7 Å². The topological polar surface area (TPSA) is 144 Å². The van der Waals surface area contributed by atoms with E-state index in [4.69, 9.17) is 21.5 Å². The maximum Gasteiger partial charge on any atom is 0.338 e. The van der Waals surface area contributed by atoms with Gasteiger partial charge in [-0.25, -0.2) is 9.78 Å². The summed E-state index contributed by atoms with van der Waals surface area (Å²) in [4.78, 5) is 19.3. The molecule has 0 atom stereocenters. The number of aromatic nitrogens is 2. The lowest BCUT2D eigenvalue weighted by atomic mass is 9.98. The first-order chi connectivity index (χ1) is 18.7. The van der Waals surface area contributed by atoms with Gasteiger partial charge in [-0.1, -0.05) is 50.2 Å². The molecule has 1 fully saturated rings. The van der Waals surface area contributed by atoms with Gasteiger partial charge in [0.1, 0.15) is 17.2 Å². The zero-order valence-corrected chi connectivity index (χ0v) is 22.6.